The number of esters is 1. The lowest BCUT2D eigenvalue weighted by molar-refractivity contribution is -0.119. The van der Waals surface area contributed by atoms with Crippen molar-refractivity contribution in [3.8, 4) is 0 Å². The predicted octanol–water partition coefficient (Wildman–Crippen LogP) is 3.00. The van der Waals surface area contributed by atoms with E-state index in [0.29, 0.717) is 6.07 Å². The lowest BCUT2D eigenvalue weighted by Gasteiger charge is -2.08. The number of anilines is 2. The summed E-state index contributed by atoms with van der Waals surface area (Å²) < 4.78 is 30.9. The highest BCUT2D eigenvalue weighted by Crippen LogP contribution is 2.20. The SMILES string of the molecule is Nc1cc(C(=O)OCC(=O)Nc2ccc(F)cc2F)ccc1Cl. The van der Waals surface area contributed by atoms with Crippen molar-refractivity contribution in [3.63, 3.8) is 0 Å². The normalized spacial score (nSPS) is 10.2. The highest BCUT2D eigenvalue weighted by molar-refractivity contribution is 6.33. The number of carbonyl (C=O) groups is 2. The van der Waals surface area contributed by atoms with Crippen LogP contribution < -0.4 is 11.1 Å². The summed E-state index contributed by atoms with van der Waals surface area (Å²) in [5.41, 5.74) is 5.65. The Morgan fingerprint density at radius 2 is 1.91 bits per heavy atom. The minimum absolute atomic E-state index is 0.118. The molecular formula is C15H11ClF2N2O3. The van der Waals surface area contributed by atoms with Gasteiger partial charge in [0.05, 0.1) is 22.0 Å². The summed E-state index contributed by atoms with van der Waals surface area (Å²) in [5.74, 6) is -3.27. The van der Waals surface area contributed by atoms with Gasteiger partial charge in [-0.2, -0.15) is 0 Å². The Labute approximate surface area is 135 Å². The summed E-state index contributed by atoms with van der Waals surface area (Å²) in [7, 11) is 0. The lowest BCUT2D eigenvalue weighted by atomic mass is 10.2. The Morgan fingerprint density at radius 3 is 2.57 bits per heavy atom. The van der Waals surface area contributed by atoms with Gasteiger partial charge in [-0.15, -0.1) is 0 Å². The van der Waals surface area contributed by atoms with Crippen LogP contribution in [0.5, 0.6) is 0 Å². The van der Waals surface area contributed by atoms with E-state index < -0.39 is 30.1 Å². The number of hydrogen-bond donors (Lipinski definition) is 2. The molecule has 2 aromatic carbocycles. The first-order valence-corrected chi connectivity index (χ1v) is 6.71. The van der Waals surface area contributed by atoms with Gasteiger partial charge in [-0.05, 0) is 30.3 Å². The molecule has 120 valence electrons. The molecule has 3 N–H and O–H groups in total. The van der Waals surface area contributed by atoms with Gasteiger partial charge in [0.2, 0.25) is 0 Å². The van der Waals surface area contributed by atoms with Gasteiger partial charge in [0.25, 0.3) is 5.91 Å². The molecule has 0 saturated heterocycles. The minimum Gasteiger partial charge on any atom is -0.452 e. The van der Waals surface area contributed by atoms with Crippen LogP contribution in [-0.2, 0) is 9.53 Å². The summed E-state index contributed by atoms with van der Waals surface area (Å²) in [4.78, 5) is 23.4. The van der Waals surface area contributed by atoms with E-state index >= 15 is 0 Å². The standard InChI is InChI=1S/C15H11ClF2N2O3/c16-10-3-1-8(5-12(10)19)15(22)23-7-14(21)20-13-4-2-9(17)6-11(13)18/h1-6H,7,19H2,(H,20,21). The fraction of sp³-hybridized carbons (Fsp3) is 0.0667. The van der Waals surface area contributed by atoms with E-state index in [-0.39, 0.29) is 22.0 Å². The molecule has 1 amide bonds. The van der Waals surface area contributed by atoms with Crippen LogP contribution in [0.4, 0.5) is 20.2 Å². The zero-order valence-electron chi connectivity index (χ0n) is 11.6. The lowest BCUT2D eigenvalue weighted by Crippen LogP contribution is -2.21. The highest BCUT2D eigenvalue weighted by atomic mass is 35.5. The zero-order chi connectivity index (χ0) is 17.0. The summed E-state index contributed by atoms with van der Waals surface area (Å²) in [5, 5.41) is 2.44. The fourth-order valence-corrected chi connectivity index (χ4v) is 1.78. The van der Waals surface area contributed by atoms with Gasteiger partial charge in [0.1, 0.15) is 11.6 Å². The van der Waals surface area contributed by atoms with Crippen LogP contribution in [-0.4, -0.2) is 18.5 Å². The van der Waals surface area contributed by atoms with Crippen LogP contribution in [0.1, 0.15) is 10.4 Å². The first-order chi connectivity index (χ1) is 10.9. The summed E-state index contributed by atoms with van der Waals surface area (Å²) in [6.45, 7) is -0.641. The third-order valence-corrected chi connectivity index (χ3v) is 3.12. The molecule has 0 spiro atoms. The van der Waals surface area contributed by atoms with Crippen molar-refractivity contribution in [2.75, 3.05) is 17.7 Å². The third-order valence-electron chi connectivity index (χ3n) is 2.77. The van der Waals surface area contributed by atoms with Crippen molar-refractivity contribution >= 4 is 34.9 Å². The molecule has 0 aliphatic carbocycles. The number of nitrogens with two attached hydrogens (primary N) is 1. The van der Waals surface area contributed by atoms with Crippen LogP contribution in [0.3, 0.4) is 0 Å². The number of hydrogen-bond acceptors (Lipinski definition) is 4. The van der Waals surface area contributed by atoms with Crippen molar-refractivity contribution in [1.29, 1.82) is 0 Å². The van der Waals surface area contributed by atoms with E-state index in [1.54, 1.807) is 0 Å². The monoisotopic (exact) mass is 340 g/mol. The summed E-state index contributed by atoms with van der Waals surface area (Å²) >= 11 is 5.73. The van der Waals surface area contributed by atoms with E-state index in [1.807, 2.05) is 0 Å². The quantitative estimate of drug-likeness (QED) is 0.662. The van der Waals surface area contributed by atoms with E-state index in [2.05, 4.69) is 5.32 Å². The number of carbonyl (C=O) groups excluding carboxylic acids is 2. The van der Waals surface area contributed by atoms with Crippen LogP contribution in [0, 0.1) is 11.6 Å². The van der Waals surface area contributed by atoms with Crippen LogP contribution in [0.25, 0.3) is 0 Å². The van der Waals surface area contributed by atoms with Crippen LogP contribution in [0.2, 0.25) is 5.02 Å². The molecular weight excluding hydrogens is 330 g/mol. The molecule has 0 saturated carbocycles. The second-order valence-corrected chi connectivity index (χ2v) is 4.89. The van der Waals surface area contributed by atoms with Crippen molar-refractivity contribution in [2.24, 2.45) is 0 Å². The Kier molecular flexibility index (Phi) is 5.13. The number of rotatable bonds is 4. The highest BCUT2D eigenvalue weighted by Gasteiger charge is 2.13. The van der Waals surface area contributed by atoms with Gasteiger partial charge < -0.3 is 15.8 Å². The second kappa shape index (κ2) is 7.06. The average molecular weight is 341 g/mol. The summed E-state index contributed by atoms with van der Waals surface area (Å²) in [6.07, 6.45) is 0. The minimum atomic E-state index is -0.935. The van der Waals surface area contributed by atoms with E-state index in [4.69, 9.17) is 22.1 Å². The molecule has 0 radical (unpaired) electrons. The van der Waals surface area contributed by atoms with Crippen molar-refractivity contribution in [2.45, 2.75) is 0 Å². The molecule has 0 unspecified atom stereocenters. The number of halogens is 3. The first-order valence-electron chi connectivity index (χ1n) is 6.34. The van der Waals surface area contributed by atoms with E-state index in [9.17, 15) is 18.4 Å². The molecule has 5 nitrogen and oxygen atoms in total. The Hall–Kier alpha value is -2.67. The maximum atomic E-state index is 13.4. The molecule has 0 atom stereocenters. The molecule has 0 bridgehead atoms. The molecule has 23 heavy (non-hydrogen) atoms. The van der Waals surface area contributed by atoms with E-state index in [0.717, 1.165) is 12.1 Å². The molecule has 0 aliphatic heterocycles. The molecule has 0 heterocycles. The van der Waals surface area contributed by atoms with Gasteiger partial charge in [0, 0.05) is 6.07 Å². The number of nitrogen functional groups attached to an aromatic ring is 1. The maximum absolute atomic E-state index is 13.4. The zero-order valence-corrected chi connectivity index (χ0v) is 12.4. The van der Waals surface area contributed by atoms with Crippen LogP contribution in [0.15, 0.2) is 36.4 Å². The second-order valence-electron chi connectivity index (χ2n) is 4.48. The van der Waals surface area contributed by atoms with Gasteiger partial charge in [-0.25, -0.2) is 13.6 Å². The molecule has 0 fully saturated rings. The smallest absolute Gasteiger partial charge is 0.338 e. The number of benzene rings is 2. The number of ether oxygens (including phenoxy) is 1. The number of amides is 1. The molecule has 0 aliphatic rings. The Morgan fingerprint density at radius 1 is 1.17 bits per heavy atom. The van der Waals surface area contributed by atoms with Gasteiger partial charge >= 0.3 is 5.97 Å². The van der Waals surface area contributed by atoms with Crippen molar-refractivity contribution in [1.82, 2.24) is 0 Å². The third kappa shape index (κ3) is 4.40. The average Bonchev–Trinajstić information content (AvgIpc) is 2.50. The molecule has 2 aromatic rings. The first kappa shape index (κ1) is 16.7. The van der Waals surface area contributed by atoms with Crippen LogP contribution >= 0.6 is 11.6 Å². The van der Waals surface area contributed by atoms with E-state index in [1.165, 1.54) is 18.2 Å². The molecule has 8 heteroatoms. The number of nitrogens with one attached hydrogen (secondary N) is 1. The topological polar surface area (TPSA) is 81.4 Å². The maximum Gasteiger partial charge on any atom is 0.338 e. The van der Waals surface area contributed by atoms with Gasteiger partial charge in [-0.3, -0.25) is 4.79 Å². The predicted molar refractivity (Wildman–Crippen MR) is 81.1 cm³/mol. The Balaban J connectivity index is 1.93. The molecule has 2 rings (SSSR count). The van der Waals surface area contributed by atoms with Gasteiger partial charge in [0.15, 0.2) is 6.61 Å². The Bertz CT molecular complexity index is 768. The largest absolute Gasteiger partial charge is 0.452 e. The summed E-state index contributed by atoms with van der Waals surface area (Å²) in [6, 6.07) is 6.78. The fourth-order valence-electron chi connectivity index (χ4n) is 1.66. The van der Waals surface area contributed by atoms with Gasteiger partial charge in [-0.1, -0.05) is 11.6 Å². The van der Waals surface area contributed by atoms with Crippen molar-refractivity contribution in [3.05, 3.63) is 58.6 Å². The van der Waals surface area contributed by atoms with Crippen molar-refractivity contribution < 1.29 is 23.1 Å². The molecule has 0 aromatic heterocycles.